The molecule has 106 valence electrons. The first-order valence-corrected chi connectivity index (χ1v) is 6.41. The van der Waals surface area contributed by atoms with Crippen molar-refractivity contribution < 1.29 is 13.9 Å². The highest BCUT2D eigenvalue weighted by Gasteiger charge is 2.06. The van der Waals surface area contributed by atoms with Gasteiger partial charge in [-0.25, -0.2) is 4.39 Å². The Morgan fingerprint density at radius 3 is 2.55 bits per heavy atom. The van der Waals surface area contributed by atoms with E-state index in [0.29, 0.717) is 18.0 Å². The molecule has 0 unspecified atom stereocenters. The van der Waals surface area contributed by atoms with Gasteiger partial charge >= 0.3 is 0 Å². The van der Waals surface area contributed by atoms with E-state index in [1.807, 2.05) is 12.1 Å². The Kier molecular flexibility index (Phi) is 4.69. The fraction of sp³-hybridized carbons (Fsp3) is 0.200. The van der Waals surface area contributed by atoms with Crippen LogP contribution in [-0.4, -0.2) is 14.2 Å². The van der Waals surface area contributed by atoms with Crippen LogP contribution in [0.3, 0.4) is 0 Å². The van der Waals surface area contributed by atoms with Crippen molar-refractivity contribution in [2.24, 2.45) is 0 Å². The molecule has 0 aliphatic heterocycles. The van der Waals surface area contributed by atoms with Crippen LogP contribution >= 0.6 is 11.6 Å². The van der Waals surface area contributed by atoms with E-state index in [9.17, 15) is 4.39 Å². The molecule has 0 aliphatic rings. The Bertz CT molecular complexity index is 604. The summed E-state index contributed by atoms with van der Waals surface area (Å²) in [4.78, 5) is 0. The Morgan fingerprint density at radius 2 is 1.90 bits per heavy atom. The van der Waals surface area contributed by atoms with Crippen LogP contribution in [0, 0.1) is 5.82 Å². The molecule has 0 fully saturated rings. The standard InChI is InChI=1S/C15H15ClFNO2/c1-19-11-4-6-14(15(8-11)20-2)18-9-10-3-5-12(16)13(17)7-10/h3-8,18H,9H2,1-2H3. The van der Waals surface area contributed by atoms with Crippen molar-refractivity contribution in [2.75, 3.05) is 19.5 Å². The minimum Gasteiger partial charge on any atom is -0.497 e. The van der Waals surface area contributed by atoms with E-state index in [1.54, 1.807) is 32.4 Å². The Balaban J connectivity index is 2.12. The third-order valence-electron chi connectivity index (χ3n) is 2.88. The van der Waals surface area contributed by atoms with E-state index in [4.69, 9.17) is 21.1 Å². The van der Waals surface area contributed by atoms with Gasteiger partial charge in [-0.15, -0.1) is 0 Å². The molecule has 0 aliphatic carbocycles. The maximum absolute atomic E-state index is 13.3. The first-order chi connectivity index (χ1) is 9.63. The third kappa shape index (κ3) is 3.33. The second-order valence-electron chi connectivity index (χ2n) is 4.17. The average Bonchev–Trinajstić information content (AvgIpc) is 2.48. The first-order valence-electron chi connectivity index (χ1n) is 6.04. The molecule has 0 amide bonds. The van der Waals surface area contributed by atoms with E-state index >= 15 is 0 Å². The zero-order valence-corrected chi connectivity index (χ0v) is 12.0. The number of hydrogen-bond donors (Lipinski definition) is 1. The van der Waals surface area contributed by atoms with Crippen LogP contribution in [0.1, 0.15) is 5.56 Å². The lowest BCUT2D eigenvalue weighted by atomic mass is 10.2. The predicted molar refractivity (Wildman–Crippen MR) is 78.3 cm³/mol. The summed E-state index contributed by atoms with van der Waals surface area (Å²) >= 11 is 5.65. The molecular formula is C15H15ClFNO2. The second-order valence-corrected chi connectivity index (χ2v) is 4.58. The average molecular weight is 296 g/mol. The summed E-state index contributed by atoms with van der Waals surface area (Å²) in [6, 6.07) is 10.2. The minimum absolute atomic E-state index is 0.121. The molecule has 0 radical (unpaired) electrons. The molecule has 0 saturated carbocycles. The lowest BCUT2D eigenvalue weighted by Crippen LogP contribution is -2.02. The highest BCUT2D eigenvalue weighted by molar-refractivity contribution is 6.30. The van der Waals surface area contributed by atoms with Crippen LogP contribution in [0.5, 0.6) is 11.5 Å². The number of halogens is 2. The highest BCUT2D eigenvalue weighted by atomic mass is 35.5. The van der Waals surface area contributed by atoms with Crippen molar-refractivity contribution in [3.05, 3.63) is 52.8 Å². The van der Waals surface area contributed by atoms with Gasteiger partial charge in [0.25, 0.3) is 0 Å². The molecule has 0 bridgehead atoms. The second kappa shape index (κ2) is 6.48. The fourth-order valence-electron chi connectivity index (χ4n) is 1.79. The number of anilines is 1. The van der Waals surface area contributed by atoms with Gasteiger partial charge in [-0.1, -0.05) is 17.7 Å². The number of ether oxygens (including phenoxy) is 2. The third-order valence-corrected chi connectivity index (χ3v) is 3.18. The summed E-state index contributed by atoms with van der Waals surface area (Å²) in [6.07, 6.45) is 0. The molecule has 2 rings (SSSR count). The Morgan fingerprint density at radius 1 is 1.10 bits per heavy atom. The monoisotopic (exact) mass is 295 g/mol. The summed E-state index contributed by atoms with van der Waals surface area (Å²) in [7, 11) is 3.18. The van der Waals surface area contributed by atoms with Crippen LogP contribution in [-0.2, 0) is 6.54 Å². The predicted octanol–water partition coefficient (Wildman–Crippen LogP) is 4.11. The summed E-state index contributed by atoms with van der Waals surface area (Å²) in [5.74, 6) is 0.955. The molecule has 2 aromatic carbocycles. The number of rotatable bonds is 5. The van der Waals surface area contributed by atoms with Gasteiger partial charge < -0.3 is 14.8 Å². The molecule has 0 saturated heterocycles. The SMILES string of the molecule is COc1ccc(NCc2ccc(Cl)c(F)c2)c(OC)c1. The van der Waals surface area contributed by atoms with Crippen molar-refractivity contribution in [1.29, 1.82) is 0 Å². The van der Waals surface area contributed by atoms with Crippen LogP contribution < -0.4 is 14.8 Å². The molecule has 20 heavy (non-hydrogen) atoms. The summed E-state index contributed by atoms with van der Waals surface area (Å²) in [5.41, 5.74) is 1.61. The summed E-state index contributed by atoms with van der Waals surface area (Å²) in [5, 5.41) is 3.31. The van der Waals surface area contributed by atoms with Crippen LogP contribution in [0.4, 0.5) is 10.1 Å². The topological polar surface area (TPSA) is 30.5 Å². The number of hydrogen-bond acceptors (Lipinski definition) is 3. The smallest absolute Gasteiger partial charge is 0.145 e. The molecule has 0 atom stereocenters. The number of nitrogens with one attached hydrogen (secondary N) is 1. The van der Waals surface area contributed by atoms with Crippen molar-refractivity contribution in [3.63, 3.8) is 0 Å². The van der Waals surface area contributed by atoms with E-state index in [0.717, 1.165) is 11.3 Å². The molecular weight excluding hydrogens is 281 g/mol. The Hall–Kier alpha value is -1.94. The zero-order chi connectivity index (χ0) is 14.5. The molecule has 0 aromatic heterocycles. The molecule has 3 nitrogen and oxygen atoms in total. The number of methoxy groups -OCH3 is 2. The van der Waals surface area contributed by atoms with Crippen molar-refractivity contribution in [2.45, 2.75) is 6.54 Å². The van der Waals surface area contributed by atoms with Crippen molar-refractivity contribution in [3.8, 4) is 11.5 Å². The normalized spacial score (nSPS) is 10.2. The first kappa shape index (κ1) is 14.5. The maximum Gasteiger partial charge on any atom is 0.145 e. The molecule has 2 aromatic rings. The van der Waals surface area contributed by atoms with Gasteiger partial charge in [0.05, 0.1) is 24.9 Å². The van der Waals surface area contributed by atoms with Gasteiger partial charge in [0, 0.05) is 12.6 Å². The number of benzene rings is 2. The van der Waals surface area contributed by atoms with Crippen LogP contribution in [0.15, 0.2) is 36.4 Å². The van der Waals surface area contributed by atoms with E-state index < -0.39 is 5.82 Å². The molecule has 5 heteroatoms. The van der Waals surface area contributed by atoms with Gasteiger partial charge in [0.2, 0.25) is 0 Å². The van der Waals surface area contributed by atoms with Gasteiger partial charge in [0.1, 0.15) is 17.3 Å². The van der Waals surface area contributed by atoms with Gasteiger partial charge in [-0.05, 0) is 29.8 Å². The van der Waals surface area contributed by atoms with Crippen LogP contribution in [0.25, 0.3) is 0 Å². The van der Waals surface area contributed by atoms with Crippen LogP contribution in [0.2, 0.25) is 5.02 Å². The summed E-state index contributed by atoms with van der Waals surface area (Å²) < 4.78 is 23.8. The quantitative estimate of drug-likeness (QED) is 0.900. The lowest BCUT2D eigenvalue weighted by molar-refractivity contribution is 0.395. The lowest BCUT2D eigenvalue weighted by Gasteiger charge is -2.12. The van der Waals surface area contributed by atoms with Gasteiger partial charge in [-0.3, -0.25) is 0 Å². The summed E-state index contributed by atoms with van der Waals surface area (Å²) in [6.45, 7) is 0.469. The maximum atomic E-state index is 13.3. The molecule has 0 spiro atoms. The van der Waals surface area contributed by atoms with E-state index in [1.165, 1.54) is 6.07 Å². The molecule has 1 N–H and O–H groups in total. The Labute approximate surface area is 122 Å². The highest BCUT2D eigenvalue weighted by Crippen LogP contribution is 2.29. The van der Waals surface area contributed by atoms with E-state index in [-0.39, 0.29) is 5.02 Å². The fourth-order valence-corrected chi connectivity index (χ4v) is 1.91. The van der Waals surface area contributed by atoms with Crippen molar-refractivity contribution in [1.82, 2.24) is 0 Å². The van der Waals surface area contributed by atoms with Gasteiger partial charge in [0.15, 0.2) is 0 Å². The van der Waals surface area contributed by atoms with E-state index in [2.05, 4.69) is 5.32 Å². The minimum atomic E-state index is -0.423. The zero-order valence-electron chi connectivity index (χ0n) is 11.2. The van der Waals surface area contributed by atoms with Crippen molar-refractivity contribution >= 4 is 17.3 Å². The molecule has 0 heterocycles. The van der Waals surface area contributed by atoms with Gasteiger partial charge in [-0.2, -0.15) is 0 Å². The largest absolute Gasteiger partial charge is 0.497 e.